The first-order valence-electron chi connectivity index (χ1n) is 4.22. The molecule has 1 aliphatic heterocycles. The zero-order valence-corrected chi connectivity index (χ0v) is 8.13. The summed E-state index contributed by atoms with van der Waals surface area (Å²) in [5.41, 5.74) is 1.24. The lowest BCUT2D eigenvalue weighted by atomic mass is 10.0. The predicted octanol–water partition coefficient (Wildman–Crippen LogP) is 1.60. The predicted molar refractivity (Wildman–Crippen MR) is 52.8 cm³/mol. The Morgan fingerprint density at radius 1 is 1.36 bits per heavy atom. The number of carboxylic acids is 1. The third-order valence-electron chi connectivity index (χ3n) is 2.18. The summed E-state index contributed by atoms with van der Waals surface area (Å²) in [6.07, 6.45) is 0.787. The van der Waals surface area contributed by atoms with Crippen molar-refractivity contribution in [2.75, 3.05) is 5.75 Å². The third kappa shape index (κ3) is 1.42. The number of rotatable bonds is 2. The van der Waals surface area contributed by atoms with Crippen LogP contribution in [0.2, 0.25) is 0 Å². The molecule has 72 valence electrons. The number of fused-ring (bicyclic) bond motifs is 1. The largest absolute Gasteiger partial charge is 0.475 e. The van der Waals surface area contributed by atoms with Crippen molar-refractivity contribution >= 4 is 23.5 Å². The number of carboxylic acid groups (broad SMARTS) is 1. The van der Waals surface area contributed by atoms with E-state index in [0.717, 1.165) is 22.6 Å². The number of thioether (sulfide) groups is 1. The average Bonchev–Trinajstić information content (AvgIpc) is 2.63. The maximum absolute atomic E-state index is 11.3. The number of carbonyl (C=O) groups is 2. The van der Waals surface area contributed by atoms with Crippen molar-refractivity contribution in [1.29, 1.82) is 0 Å². The number of ketones is 1. The van der Waals surface area contributed by atoms with Gasteiger partial charge in [-0.15, -0.1) is 11.8 Å². The minimum atomic E-state index is -1.38. The van der Waals surface area contributed by atoms with E-state index in [1.165, 1.54) is 0 Å². The fourth-order valence-electron chi connectivity index (χ4n) is 1.55. The molecule has 0 bridgehead atoms. The standard InChI is InChI=1S/C10H8O3S/c11-9(10(12)13)7-2-1-3-8-6(7)4-5-14-8/h1-3H,4-5H2,(H,12,13). The zero-order chi connectivity index (χ0) is 10.1. The highest BCUT2D eigenvalue weighted by Gasteiger charge is 2.22. The van der Waals surface area contributed by atoms with Crippen molar-refractivity contribution < 1.29 is 14.7 Å². The van der Waals surface area contributed by atoms with E-state index in [0.29, 0.717) is 5.56 Å². The van der Waals surface area contributed by atoms with Gasteiger partial charge in [-0.2, -0.15) is 0 Å². The molecule has 0 unspecified atom stereocenters. The smallest absolute Gasteiger partial charge is 0.377 e. The summed E-state index contributed by atoms with van der Waals surface area (Å²) < 4.78 is 0. The molecule has 0 radical (unpaired) electrons. The molecule has 0 fully saturated rings. The van der Waals surface area contributed by atoms with Crippen molar-refractivity contribution in [3.8, 4) is 0 Å². The number of carbonyl (C=O) groups excluding carboxylic acids is 1. The van der Waals surface area contributed by atoms with E-state index in [1.807, 2.05) is 6.07 Å². The highest BCUT2D eigenvalue weighted by atomic mass is 32.2. The monoisotopic (exact) mass is 208 g/mol. The van der Waals surface area contributed by atoms with Gasteiger partial charge in [0.05, 0.1) is 0 Å². The molecule has 0 aromatic heterocycles. The summed E-state index contributed by atoms with van der Waals surface area (Å²) in [6.45, 7) is 0. The van der Waals surface area contributed by atoms with E-state index in [-0.39, 0.29) is 0 Å². The van der Waals surface area contributed by atoms with Crippen LogP contribution in [0.15, 0.2) is 23.1 Å². The number of hydrogen-bond donors (Lipinski definition) is 1. The molecule has 4 heteroatoms. The normalized spacial score (nSPS) is 13.7. The minimum absolute atomic E-state index is 0.347. The van der Waals surface area contributed by atoms with Crippen molar-refractivity contribution in [2.24, 2.45) is 0 Å². The van der Waals surface area contributed by atoms with Crippen molar-refractivity contribution in [2.45, 2.75) is 11.3 Å². The zero-order valence-electron chi connectivity index (χ0n) is 7.32. The van der Waals surface area contributed by atoms with Gasteiger partial charge < -0.3 is 5.11 Å². The van der Waals surface area contributed by atoms with Gasteiger partial charge in [-0.05, 0) is 18.1 Å². The second kappa shape index (κ2) is 3.46. The molecule has 0 saturated heterocycles. The van der Waals surface area contributed by atoms with Gasteiger partial charge in [0.2, 0.25) is 0 Å². The molecule has 1 aromatic rings. The second-order valence-electron chi connectivity index (χ2n) is 3.02. The molecule has 2 rings (SSSR count). The molecule has 0 atom stereocenters. The van der Waals surface area contributed by atoms with Crippen LogP contribution in [0.3, 0.4) is 0 Å². The Bertz CT molecular complexity index is 412. The fourth-order valence-corrected chi connectivity index (χ4v) is 2.64. The maximum Gasteiger partial charge on any atom is 0.377 e. The molecule has 1 aromatic carbocycles. The molecule has 1 N–H and O–H groups in total. The highest BCUT2D eigenvalue weighted by molar-refractivity contribution is 7.99. The summed E-state index contributed by atoms with van der Waals surface area (Å²) in [4.78, 5) is 22.9. The van der Waals surface area contributed by atoms with Crippen LogP contribution in [0.25, 0.3) is 0 Å². The molecule has 14 heavy (non-hydrogen) atoms. The highest BCUT2D eigenvalue weighted by Crippen LogP contribution is 2.33. The summed E-state index contributed by atoms with van der Waals surface area (Å²) >= 11 is 1.67. The quantitative estimate of drug-likeness (QED) is 0.592. The van der Waals surface area contributed by atoms with E-state index in [9.17, 15) is 9.59 Å². The van der Waals surface area contributed by atoms with Gasteiger partial charge in [0.15, 0.2) is 0 Å². The molecular weight excluding hydrogens is 200 g/mol. The lowest BCUT2D eigenvalue weighted by Gasteiger charge is -2.02. The summed E-state index contributed by atoms with van der Waals surface area (Å²) in [6, 6.07) is 5.24. The van der Waals surface area contributed by atoms with Gasteiger partial charge in [0.25, 0.3) is 5.78 Å². The Balaban J connectivity index is 2.49. The SMILES string of the molecule is O=C(O)C(=O)c1cccc2c1CCS2. The Morgan fingerprint density at radius 2 is 2.14 bits per heavy atom. The molecule has 0 aliphatic carbocycles. The third-order valence-corrected chi connectivity index (χ3v) is 3.28. The molecule has 0 amide bonds. The van der Waals surface area contributed by atoms with E-state index >= 15 is 0 Å². The molecule has 0 spiro atoms. The number of benzene rings is 1. The Kier molecular flexibility index (Phi) is 2.29. The van der Waals surface area contributed by atoms with Crippen LogP contribution >= 0.6 is 11.8 Å². The summed E-state index contributed by atoms with van der Waals surface area (Å²) in [5.74, 6) is -1.25. The van der Waals surface area contributed by atoms with Gasteiger partial charge >= 0.3 is 5.97 Å². The van der Waals surface area contributed by atoms with E-state index in [4.69, 9.17) is 5.11 Å². The van der Waals surface area contributed by atoms with E-state index < -0.39 is 11.8 Å². The maximum atomic E-state index is 11.3. The van der Waals surface area contributed by atoms with Crippen LogP contribution in [-0.4, -0.2) is 22.6 Å². The average molecular weight is 208 g/mol. The van der Waals surface area contributed by atoms with Gasteiger partial charge in [-0.25, -0.2) is 4.79 Å². The summed E-state index contributed by atoms with van der Waals surface area (Å²) in [7, 11) is 0. The molecule has 0 saturated carbocycles. The molecule has 3 nitrogen and oxygen atoms in total. The van der Waals surface area contributed by atoms with E-state index in [1.54, 1.807) is 23.9 Å². The molecular formula is C10H8O3S. The summed E-state index contributed by atoms with van der Waals surface area (Å²) in [5, 5.41) is 8.61. The van der Waals surface area contributed by atoms with Crippen LogP contribution in [0.5, 0.6) is 0 Å². The van der Waals surface area contributed by atoms with Crippen LogP contribution in [0.1, 0.15) is 15.9 Å². The Hall–Kier alpha value is -1.29. The minimum Gasteiger partial charge on any atom is -0.475 e. The van der Waals surface area contributed by atoms with Gasteiger partial charge in [0, 0.05) is 16.2 Å². The van der Waals surface area contributed by atoms with Gasteiger partial charge in [-0.3, -0.25) is 4.79 Å². The first-order valence-corrected chi connectivity index (χ1v) is 5.21. The Morgan fingerprint density at radius 3 is 2.86 bits per heavy atom. The van der Waals surface area contributed by atoms with Crippen LogP contribution < -0.4 is 0 Å². The van der Waals surface area contributed by atoms with Gasteiger partial charge in [0.1, 0.15) is 0 Å². The van der Waals surface area contributed by atoms with E-state index in [2.05, 4.69) is 0 Å². The second-order valence-corrected chi connectivity index (χ2v) is 4.15. The van der Waals surface area contributed by atoms with Crippen molar-refractivity contribution in [3.63, 3.8) is 0 Å². The lowest BCUT2D eigenvalue weighted by molar-refractivity contribution is -0.131. The van der Waals surface area contributed by atoms with Crippen LogP contribution in [0, 0.1) is 0 Å². The van der Waals surface area contributed by atoms with Crippen molar-refractivity contribution in [3.05, 3.63) is 29.3 Å². The van der Waals surface area contributed by atoms with Crippen LogP contribution in [-0.2, 0) is 11.2 Å². The molecule has 1 aliphatic rings. The first kappa shape index (κ1) is 9.27. The number of Topliss-reactive ketones (excluding diaryl/α,β-unsaturated/α-hetero) is 1. The number of hydrogen-bond acceptors (Lipinski definition) is 3. The van der Waals surface area contributed by atoms with Gasteiger partial charge in [-0.1, -0.05) is 12.1 Å². The fraction of sp³-hybridized carbons (Fsp3) is 0.200. The number of aliphatic carboxylic acids is 1. The van der Waals surface area contributed by atoms with Crippen LogP contribution in [0.4, 0.5) is 0 Å². The van der Waals surface area contributed by atoms with Crippen molar-refractivity contribution in [1.82, 2.24) is 0 Å². The molecule has 1 heterocycles. The lowest BCUT2D eigenvalue weighted by Crippen LogP contribution is -2.14. The topological polar surface area (TPSA) is 54.4 Å². The Labute approximate surface area is 85.1 Å². The first-order chi connectivity index (χ1) is 6.70.